The topological polar surface area (TPSA) is 85.4 Å². The Kier molecular flexibility index (Phi) is 5.11. The summed E-state index contributed by atoms with van der Waals surface area (Å²) in [5, 5.41) is 2.68. The van der Waals surface area contributed by atoms with Crippen LogP contribution in [0, 0.1) is 0 Å². The van der Waals surface area contributed by atoms with Crippen LogP contribution < -0.4 is 10.1 Å². The predicted octanol–water partition coefficient (Wildman–Crippen LogP) is 1.29. The Balaban J connectivity index is 1.78. The van der Waals surface area contributed by atoms with Crippen molar-refractivity contribution in [2.24, 2.45) is 0 Å². The summed E-state index contributed by atoms with van der Waals surface area (Å²) in [5.74, 6) is 0.274. The van der Waals surface area contributed by atoms with Gasteiger partial charge in [0.2, 0.25) is 0 Å². The summed E-state index contributed by atoms with van der Waals surface area (Å²) >= 11 is 0. The lowest BCUT2D eigenvalue weighted by Gasteiger charge is -2.08. The number of hydrogen-bond acceptors (Lipinski definition) is 5. The lowest BCUT2D eigenvalue weighted by atomic mass is 10.3. The molecule has 0 unspecified atom stereocenters. The van der Waals surface area contributed by atoms with Crippen molar-refractivity contribution in [3.05, 3.63) is 54.4 Å². The van der Waals surface area contributed by atoms with E-state index in [1.54, 1.807) is 36.5 Å². The first-order valence-corrected chi connectivity index (χ1v) is 8.48. The molecular weight excluding hydrogens is 304 g/mol. The normalized spacial score (nSPS) is 11.0. The van der Waals surface area contributed by atoms with Crippen LogP contribution in [0.5, 0.6) is 5.75 Å². The molecule has 1 amide bonds. The van der Waals surface area contributed by atoms with E-state index < -0.39 is 9.84 Å². The SMILES string of the molecule is CS(=O)(=O)c1ccc(OCCNC(=O)c2ccccn2)cc1. The molecule has 22 heavy (non-hydrogen) atoms. The van der Waals surface area contributed by atoms with Crippen LogP contribution in [0.3, 0.4) is 0 Å². The minimum Gasteiger partial charge on any atom is -0.492 e. The fraction of sp³-hybridized carbons (Fsp3) is 0.200. The number of pyridine rings is 1. The molecule has 0 aliphatic carbocycles. The van der Waals surface area contributed by atoms with Crippen molar-refractivity contribution in [2.75, 3.05) is 19.4 Å². The first-order valence-electron chi connectivity index (χ1n) is 6.59. The Morgan fingerprint density at radius 1 is 1.18 bits per heavy atom. The smallest absolute Gasteiger partial charge is 0.269 e. The minimum absolute atomic E-state index is 0.239. The van der Waals surface area contributed by atoms with E-state index in [-0.39, 0.29) is 17.4 Å². The number of nitrogens with one attached hydrogen (secondary N) is 1. The Morgan fingerprint density at radius 2 is 1.91 bits per heavy atom. The van der Waals surface area contributed by atoms with Crippen LogP contribution in [-0.4, -0.2) is 38.7 Å². The van der Waals surface area contributed by atoms with E-state index in [2.05, 4.69) is 10.3 Å². The van der Waals surface area contributed by atoms with Crippen molar-refractivity contribution in [3.63, 3.8) is 0 Å². The summed E-state index contributed by atoms with van der Waals surface area (Å²) in [5.41, 5.74) is 0.347. The van der Waals surface area contributed by atoms with Crippen molar-refractivity contribution in [2.45, 2.75) is 4.90 Å². The summed E-state index contributed by atoms with van der Waals surface area (Å²) in [6.45, 7) is 0.597. The number of nitrogens with zero attached hydrogens (tertiary/aromatic N) is 1. The lowest BCUT2D eigenvalue weighted by Crippen LogP contribution is -2.28. The van der Waals surface area contributed by atoms with Gasteiger partial charge in [0.05, 0.1) is 11.4 Å². The van der Waals surface area contributed by atoms with Gasteiger partial charge in [-0.25, -0.2) is 8.42 Å². The van der Waals surface area contributed by atoms with Gasteiger partial charge in [0.25, 0.3) is 5.91 Å². The molecule has 1 aromatic carbocycles. The second-order valence-electron chi connectivity index (χ2n) is 4.56. The number of sulfone groups is 1. The number of ether oxygens (including phenoxy) is 1. The second kappa shape index (κ2) is 7.04. The van der Waals surface area contributed by atoms with Gasteiger partial charge in [0, 0.05) is 12.5 Å². The molecule has 0 saturated carbocycles. The molecule has 0 radical (unpaired) electrons. The van der Waals surface area contributed by atoms with Crippen molar-refractivity contribution in [1.29, 1.82) is 0 Å². The summed E-state index contributed by atoms with van der Waals surface area (Å²) in [6.07, 6.45) is 2.70. The van der Waals surface area contributed by atoms with Gasteiger partial charge in [-0.05, 0) is 36.4 Å². The molecule has 0 bridgehead atoms. The molecule has 1 N–H and O–H groups in total. The average Bonchev–Trinajstić information content (AvgIpc) is 2.52. The van der Waals surface area contributed by atoms with Crippen LogP contribution in [0.4, 0.5) is 0 Å². The first kappa shape index (κ1) is 16.0. The van der Waals surface area contributed by atoms with Crippen LogP contribution in [0.2, 0.25) is 0 Å². The average molecular weight is 320 g/mol. The van der Waals surface area contributed by atoms with E-state index >= 15 is 0 Å². The van der Waals surface area contributed by atoms with E-state index in [4.69, 9.17) is 4.74 Å². The number of carbonyl (C=O) groups excluding carboxylic acids is 1. The third-order valence-corrected chi connectivity index (χ3v) is 3.93. The Bertz CT molecular complexity index is 728. The van der Waals surface area contributed by atoms with Gasteiger partial charge >= 0.3 is 0 Å². The Morgan fingerprint density at radius 3 is 2.50 bits per heavy atom. The standard InChI is InChI=1S/C15H16N2O4S/c1-22(19,20)13-7-5-12(6-8-13)21-11-10-17-15(18)14-4-2-3-9-16-14/h2-9H,10-11H2,1H3,(H,17,18). The number of amides is 1. The minimum atomic E-state index is -3.21. The summed E-state index contributed by atoms with van der Waals surface area (Å²) in [6, 6.07) is 11.2. The van der Waals surface area contributed by atoms with E-state index in [0.717, 1.165) is 6.26 Å². The highest BCUT2D eigenvalue weighted by atomic mass is 32.2. The Hall–Kier alpha value is -2.41. The molecule has 1 aromatic heterocycles. The molecule has 7 heteroatoms. The largest absolute Gasteiger partial charge is 0.492 e. The molecule has 0 spiro atoms. The number of carbonyl (C=O) groups is 1. The van der Waals surface area contributed by atoms with Crippen molar-refractivity contribution < 1.29 is 17.9 Å². The van der Waals surface area contributed by atoms with E-state index in [9.17, 15) is 13.2 Å². The molecule has 0 aliphatic rings. The van der Waals surface area contributed by atoms with Crippen LogP contribution >= 0.6 is 0 Å². The number of hydrogen-bond donors (Lipinski definition) is 1. The maximum absolute atomic E-state index is 11.7. The molecule has 0 atom stereocenters. The number of benzene rings is 1. The monoisotopic (exact) mass is 320 g/mol. The Labute approximate surface area is 129 Å². The third-order valence-electron chi connectivity index (χ3n) is 2.81. The highest BCUT2D eigenvalue weighted by molar-refractivity contribution is 7.90. The molecule has 0 aliphatic heterocycles. The second-order valence-corrected chi connectivity index (χ2v) is 6.58. The molecule has 6 nitrogen and oxygen atoms in total. The fourth-order valence-corrected chi connectivity index (χ4v) is 2.33. The number of aromatic nitrogens is 1. The van der Waals surface area contributed by atoms with Gasteiger partial charge in [-0.3, -0.25) is 9.78 Å². The summed E-state index contributed by atoms with van der Waals surface area (Å²) < 4.78 is 28.1. The fourth-order valence-electron chi connectivity index (χ4n) is 1.70. The van der Waals surface area contributed by atoms with Crippen molar-refractivity contribution in [1.82, 2.24) is 10.3 Å². The van der Waals surface area contributed by atoms with E-state index in [1.165, 1.54) is 12.1 Å². The predicted molar refractivity (Wildman–Crippen MR) is 81.6 cm³/mol. The van der Waals surface area contributed by atoms with E-state index in [1.807, 2.05) is 0 Å². The zero-order valence-corrected chi connectivity index (χ0v) is 12.8. The van der Waals surface area contributed by atoms with Gasteiger partial charge in [-0.15, -0.1) is 0 Å². The lowest BCUT2D eigenvalue weighted by molar-refractivity contribution is 0.0942. The van der Waals surface area contributed by atoms with Crippen molar-refractivity contribution >= 4 is 15.7 Å². The van der Waals surface area contributed by atoms with Gasteiger partial charge in [-0.2, -0.15) is 0 Å². The molecule has 2 rings (SSSR count). The first-order chi connectivity index (χ1) is 10.5. The molecular formula is C15H16N2O4S. The highest BCUT2D eigenvalue weighted by Crippen LogP contribution is 2.15. The maximum Gasteiger partial charge on any atom is 0.269 e. The summed E-state index contributed by atoms with van der Waals surface area (Å²) in [4.78, 5) is 15.9. The van der Waals surface area contributed by atoms with Gasteiger partial charge in [-0.1, -0.05) is 6.07 Å². The van der Waals surface area contributed by atoms with Gasteiger partial charge in [0.15, 0.2) is 9.84 Å². The van der Waals surface area contributed by atoms with Gasteiger partial charge < -0.3 is 10.1 Å². The highest BCUT2D eigenvalue weighted by Gasteiger charge is 2.07. The van der Waals surface area contributed by atoms with Crippen molar-refractivity contribution in [3.8, 4) is 5.75 Å². The quantitative estimate of drug-likeness (QED) is 0.811. The number of rotatable bonds is 6. The van der Waals surface area contributed by atoms with Crippen LogP contribution in [0.25, 0.3) is 0 Å². The maximum atomic E-state index is 11.7. The van der Waals surface area contributed by atoms with Crippen LogP contribution in [-0.2, 0) is 9.84 Å². The van der Waals surface area contributed by atoms with Crippen LogP contribution in [0.1, 0.15) is 10.5 Å². The molecule has 0 saturated heterocycles. The molecule has 0 fully saturated rings. The zero-order chi connectivity index (χ0) is 16.0. The van der Waals surface area contributed by atoms with Crippen LogP contribution in [0.15, 0.2) is 53.6 Å². The molecule has 116 valence electrons. The zero-order valence-electron chi connectivity index (χ0n) is 12.0. The molecule has 1 heterocycles. The third kappa shape index (κ3) is 4.56. The van der Waals surface area contributed by atoms with E-state index in [0.29, 0.717) is 18.0 Å². The van der Waals surface area contributed by atoms with Gasteiger partial charge in [0.1, 0.15) is 18.1 Å². The molecule has 2 aromatic rings. The summed E-state index contributed by atoms with van der Waals surface area (Å²) in [7, 11) is -3.21.